The molecule has 9 aromatic rings. The van der Waals surface area contributed by atoms with E-state index in [1.807, 2.05) is 24.4 Å². The predicted octanol–water partition coefficient (Wildman–Crippen LogP) is 17.9. The number of phenols is 1. The van der Waals surface area contributed by atoms with Crippen molar-refractivity contribution in [2.75, 3.05) is 0 Å². The number of aromatic hydroxyl groups is 1. The number of aromatic nitrogens is 3. The fraction of sp³-hybridized carbons (Fsp3) is 0.273. The van der Waals surface area contributed by atoms with Crippen molar-refractivity contribution in [3.8, 4) is 78.6 Å². The Labute approximate surface area is 437 Å². The van der Waals surface area contributed by atoms with Crippen molar-refractivity contribution < 1.29 is 26.2 Å². The molecule has 0 radical (unpaired) electrons. The molecular weight excluding hydrogens is 1050 g/mol. The van der Waals surface area contributed by atoms with E-state index in [9.17, 15) is 5.11 Å². The summed E-state index contributed by atoms with van der Waals surface area (Å²) in [7, 11) is 0. The normalized spacial score (nSPS) is 12.3. The van der Waals surface area contributed by atoms with Crippen LogP contribution in [0.5, 0.6) is 5.75 Å². The molecule has 0 unspecified atom stereocenters. The smallest absolute Gasteiger partial charge is 0.148 e. The fourth-order valence-electron chi connectivity index (χ4n) is 9.63. The molecular formula is C66H68N3OPt-. The van der Waals surface area contributed by atoms with Crippen molar-refractivity contribution in [1.82, 2.24) is 14.5 Å². The van der Waals surface area contributed by atoms with Crippen LogP contribution in [-0.2, 0) is 42.7 Å². The Kier molecular flexibility index (Phi) is 14.1. The zero-order chi connectivity index (χ0) is 49.8. The van der Waals surface area contributed by atoms with Gasteiger partial charge >= 0.3 is 0 Å². The van der Waals surface area contributed by atoms with E-state index in [0.29, 0.717) is 11.4 Å². The molecule has 0 amide bonds. The third-order valence-electron chi connectivity index (χ3n) is 14.7. The molecule has 2 aromatic heterocycles. The van der Waals surface area contributed by atoms with E-state index in [0.717, 1.165) is 90.9 Å². The molecule has 0 saturated heterocycles. The van der Waals surface area contributed by atoms with E-state index in [-0.39, 0.29) is 48.5 Å². The SMILES string of the molecule is CCC(C)(CC)c1ccc(-c2ccnc(-c3[c-]c(-c4cccc5c4nc(-c4cc(C(C)(C)C)cc(-c6ccccc6)c4O)n5-c4ccc(C(C)(C)C)cc4-c4ccccc4)cc(C(C)(C)C)c3)c2)cc1.[Pt]. The van der Waals surface area contributed by atoms with E-state index in [1.165, 1.54) is 16.7 Å². The largest absolute Gasteiger partial charge is 0.507 e. The molecule has 71 heavy (non-hydrogen) atoms. The monoisotopic (exact) mass is 1110 g/mol. The summed E-state index contributed by atoms with van der Waals surface area (Å²) in [5.41, 5.74) is 17.8. The summed E-state index contributed by atoms with van der Waals surface area (Å²) in [6, 6.07) is 60.2. The Morgan fingerprint density at radius 3 is 1.63 bits per heavy atom. The molecule has 0 atom stereocenters. The Morgan fingerprint density at radius 2 is 1.03 bits per heavy atom. The maximum Gasteiger partial charge on any atom is 0.148 e. The summed E-state index contributed by atoms with van der Waals surface area (Å²) < 4.78 is 2.28. The molecule has 9 rings (SSSR count). The maximum absolute atomic E-state index is 12.7. The molecule has 1 N–H and O–H groups in total. The molecule has 364 valence electrons. The van der Waals surface area contributed by atoms with Crippen LogP contribution in [0.2, 0.25) is 0 Å². The van der Waals surface area contributed by atoms with Crippen LogP contribution in [0.25, 0.3) is 83.9 Å². The van der Waals surface area contributed by atoms with Crippen LogP contribution >= 0.6 is 0 Å². The van der Waals surface area contributed by atoms with Gasteiger partial charge in [0.1, 0.15) is 11.6 Å². The predicted molar refractivity (Wildman–Crippen MR) is 296 cm³/mol. The second-order valence-electron chi connectivity index (χ2n) is 22.5. The number of hydrogen-bond donors (Lipinski definition) is 1. The minimum atomic E-state index is -0.226. The second-order valence-corrected chi connectivity index (χ2v) is 22.5. The summed E-state index contributed by atoms with van der Waals surface area (Å²) in [5.74, 6) is 0.855. The number of rotatable bonds is 10. The van der Waals surface area contributed by atoms with Gasteiger partial charge in [0.25, 0.3) is 0 Å². The summed E-state index contributed by atoms with van der Waals surface area (Å²) >= 11 is 0. The molecule has 0 bridgehead atoms. The van der Waals surface area contributed by atoms with Crippen LogP contribution in [0.4, 0.5) is 0 Å². The quantitative estimate of drug-likeness (QED) is 0.139. The summed E-state index contributed by atoms with van der Waals surface area (Å²) in [6.45, 7) is 27.2. The third kappa shape index (κ3) is 10.1. The van der Waals surface area contributed by atoms with E-state index >= 15 is 0 Å². The number of para-hydroxylation sites is 1. The minimum Gasteiger partial charge on any atom is -0.507 e. The average molecular weight is 1110 g/mol. The van der Waals surface area contributed by atoms with Gasteiger partial charge in [-0.1, -0.05) is 203 Å². The van der Waals surface area contributed by atoms with E-state index in [1.54, 1.807) is 0 Å². The van der Waals surface area contributed by atoms with Gasteiger partial charge in [0.15, 0.2) is 0 Å². The van der Waals surface area contributed by atoms with Crippen LogP contribution in [-0.4, -0.2) is 19.6 Å². The zero-order valence-electron chi connectivity index (χ0n) is 43.6. The van der Waals surface area contributed by atoms with Crippen molar-refractivity contribution in [1.29, 1.82) is 0 Å². The topological polar surface area (TPSA) is 50.9 Å². The second kappa shape index (κ2) is 19.7. The first-order valence-electron chi connectivity index (χ1n) is 25.1. The molecule has 0 saturated carbocycles. The first-order chi connectivity index (χ1) is 33.3. The van der Waals surface area contributed by atoms with Gasteiger partial charge in [0, 0.05) is 44.1 Å². The molecule has 0 spiro atoms. The van der Waals surface area contributed by atoms with Crippen LogP contribution in [0.3, 0.4) is 0 Å². The van der Waals surface area contributed by atoms with E-state index in [4.69, 9.17) is 9.97 Å². The maximum atomic E-state index is 12.7. The van der Waals surface area contributed by atoms with Gasteiger partial charge in [-0.2, -0.15) is 0 Å². The molecule has 5 heteroatoms. The minimum absolute atomic E-state index is 0. The molecule has 0 aliphatic heterocycles. The Balaban J connectivity index is 0.00000676. The summed E-state index contributed by atoms with van der Waals surface area (Å²) in [4.78, 5) is 10.7. The van der Waals surface area contributed by atoms with Crippen LogP contribution in [0, 0.1) is 6.07 Å². The van der Waals surface area contributed by atoms with Gasteiger partial charge in [-0.05, 0) is 110 Å². The van der Waals surface area contributed by atoms with E-state index < -0.39 is 0 Å². The van der Waals surface area contributed by atoms with Gasteiger partial charge in [-0.25, -0.2) is 4.98 Å². The van der Waals surface area contributed by atoms with Gasteiger partial charge in [-0.3, -0.25) is 9.55 Å². The van der Waals surface area contributed by atoms with Crippen LogP contribution < -0.4 is 0 Å². The van der Waals surface area contributed by atoms with E-state index in [2.05, 4.69) is 233 Å². The zero-order valence-corrected chi connectivity index (χ0v) is 45.9. The van der Waals surface area contributed by atoms with Crippen molar-refractivity contribution in [3.05, 3.63) is 192 Å². The molecule has 0 fully saturated rings. The number of fused-ring (bicyclic) bond motifs is 1. The molecule has 0 aliphatic carbocycles. The molecule has 7 aromatic carbocycles. The number of benzene rings is 7. The number of hydrogen-bond acceptors (Lipinski definition) is 3. The van der Waals surface area contributed by atoms with Gasteiger partial charge in [0.2, 0.25) is 0 Å². The summed E-state index contributed by atoms with van der Waals surface area (Å²) in [5, 5.41) is 12.7. The molecule has 0 aliphatic rings. The van der Waals surface area contributed by atoms with Crippen molar-refractivity contribution in [3.63, 3.8) is 0 Å². The molecule has 4 nitrogen and oxygen atoms in total. The Morgan fingerprint density at radius 1 is 0.479 bits per heavy atom. The number of phenolic OH excluding ortho intramolecular Hbond substituents is 1. The number of imidazole rings is 1. The van der Waals surface area contributed by atoms with Gasteiger partial charge < -0.3 is 5.11 Å². The first-order valence-corrected chi connectivity index (χ1v) is 25.1. The van der Waals surface area contributed by atoms with Crippen LogP contribution in [0.15, 0.2) is 164 Å². The Bertz CT molecular complexity index is 3340. The standard InChI is InChI=1S/C66H68N3O.Pt/c1-13-66(12,14-2)49-30-28-43(29-31-49)46-34-35-67-57(39-46)48-36-47(37-51(38-48)64(6,7)8)53-26-21-27-59-60(53)68-62(56-42-52(65(9,10)11)41-55(61(56)70)45-24-19-16-20-25-45)69(59)58-33-32-50(63(3,4)5)40-54(58)44-22-17-15-18-23-44;/h15-35,37-42,70H,13-14H2,1-12H3;/q-1;. The fourth-order valence-corrected chi connectivity index (χ4v) is 9.63. The van der Waals surface area contributed by atoms with Gasteiger partial charge in [0.05, 0.1) is 22.3 Å². The van der Waals surface area contributed by atoms with Crippen molar-refractivity contribution in [2.24, 2.45) is 0 Å². The third-order valence-corrected chi connectivity index (χ3v) is 14.7. The molecule has 2 heterocycles. The van der Waals surface area contributed by atoms with Crippen molar-refractivity contribution >= 4 is 11.0 Å². The van der Waals surface area contributed by atoms with Crippen LogP contribution in [0.1, 0.15) is 118 Å². The van der Waals surface area contributed by atoms with Crippen molar-refractivity contribution in [2.45, 2.75) is 118 Å². The number of pyridine rings is 1. The average Bonchev–Trinajstić information content (AvgIpc) is 3.75. The first kappa shape index (κ1) is 51.0. The Hall–Kier alpha value is -6.35. The number of nitrogens with zero attached hydrogens (tertiary/aromatic N) is 3. The summed E-state index contributed by atoms with van der Waals surface area (Å²) in [6.07, 6.45) is 4.12. The van der Waals surface area contributed by atoms with Gasteiger partial charge in [-0.15, -0.1) is 29.3 Å².